The van der Waals surface area contributed by atoms with Crippen molar-refractivity contribution in [2.24, 2.45) is 0 Å². The number of hydrogen-bond acceptors (Lipinski definition) is 2. The molecule has 0 heterocycles. The molecule has 0 atom stereocenters. The van der Waals surface area contributed by atoms with E-state index >= 15 is 0 Å². The lowest BCUT2D eigenvalue weighted by molar-refractivity contribution is 0.102. The number of amides is 1. The number of rotatable bonds is 5. The molecule has 112 valence electrons. The molecule has 2 aromatic carbocycles. The first kappa shape index (κ1) is 15.7. The van der Waals surface area contributed by atoms with Crippen LogP contribution in [0.2, 0.25) is 0 Å². The minimum absolute atomic E-state index is 0.0749. The van der Waals surface area contributed by atoms with Gasteiger partial charge >= 0.3 is 0 Å². The number of carbonyl (C=O) groups is 1. The predicted molar refractivity (Wildman–Crippen MR) is 84.1 cm³/mol. The molecular weight excluding hydrogens is 279 g/mol. The van der Waals surface area contributed by atoms with E-state index in [4.69, 9.17) is 5.26 Å². The van der Waals surface area contributed by atoms with Gasteiger partial charge < -0.3 is 5.32 Å². The summed E-state index contributed by atoms with van der Waals surface area (Å²) in [4.78, 5) is 12.1. The molecule has 0 aliphatic carbocycles. The molecule has 0 fully saturated rings. The van der Waals surface area contributed by atoms with Crippen molar-refractivity contribution in [2.75, 3.05) is 5.32 Å². The smallest absolute Gasteiger partial charge is 0.258 e. The zero-order valence-electron chi connectivity index (χ0n) is 12.4. The molecule has 22 heavy (non-hydrogen) atoms. The van der Waals surface area contributed by atoms with Gasteiger partial charge in [-0.15, -0.1) is 0 Å². The van der Waals surface area contributed by atoms with Gasteiger partial charge in [-0.1, -0.05) is 25.5 Å². The Morgan fingerprint density at radius 1 is 1.23 bits per heavy atom. The summed E-state index contributed by atoms with van der Waals surface area (Å²) in [5, 5.41) is 11.4. The van der Waals surface area contributed by atoms with Crippen molar-refractivity contribution < 1.29 is 9.18 Å². The fraction of sp³-hybridized carbons (Fsp3) is 0.222. The van der Waals surface area contributed by atoms with E-state index < -0.39 is 11.7 Å². The first-order chi connectivity index (χ1) is 10.6. The Labute approximate surface area is 129 Å². The van der Waals surface area contributed by atoms with Gasteiger partial charge in [-0.2, -0.15) is 5.26 Å². The zero-order chi connectivity index (χ0) is 15.9. The maximum atomic E-state index is 13.8. The van der Waals surface area contributed by atoms with Crippen LogP contribution in [0.3, 0.4) is 0 Å². The highest BCUT2D eigenvalue weighted by atomic mass is 19.1. The molecule has 3 nitrogen and oxygen atoms in total. The van der Waals surface area contributed by atoms with Crippen LogP contribution in [0.25, 0.3) is 0 Å². The first-order valence-corrected chi connectivity index (χ1v) is 7.24. The number of carbonyl (C=O) groups excluding carboxylic acids is 1. The Balaban J connectivity index is 2.07. The van der Waals surface area contributed by atoms with Crippen molar-refractivity contribution in [3.63, 3.8) is 0 Å². The molecule has 0 saturated heterocycles. The minimum Gasteiger partial charge on any atom is -0.322 e. The number of nitriles is 1. The van der Waals surface area contributed by atoms with Crippen molar-refractivity contribution in [2.45, 2.75) is 26.2 Å². The van der Waals surface area contributed by atoms with Crippen molar-refractivity contribution >= 4 is 11.6 Å². The van der Waals surface area contributed by atoms with E-state index in [1.165, 1.54) is 17.7 Å². The van der Waals surface area contributed by atoms with E-state index in [9.17, 15) is 9.18 Å². The Hall–Kier alpha value is -2.67. The number of benzene rings is 2. The molecular formula is C18H17FN2O. The minimum atomic E-state index is -0.698. The van der Waals surface area contributed by atoms with E-state index in [-0.39, 0.29) is 11.1 Å². The van der Waals surface area contributed by atoms with Crippen LogP contribution >= 0.6 is 0 Å². The van der Waals surface area contributed by atoms with Gasteiger partial charge in [0.15, 0.2) is 0 Å². The maximum absolute atomic E-state index is 13.8. The van der Waals surface area contributed by atoms with Crippen LogP contribution in [0.15, 0.2) is 42.5 Å². The standard InChI is InChI=1S/C18H17FN2O/c1-2-3-4-13-5-8-15(9-6-13)21-18(22)16-10-7-14(12-20)11-17(16)19/h5-11H,2-4H2,1H3,(H,21,22). The zero-order valence-corrected chi connectivity index (χ0v) is 12.4. The Morgan fingerprint density at radius 2 is 1.95 bits per heavy atom. The summed E-state index contributed by atoms with van der Waals surface area (Å²) < 4.78 is 13.8. The van der Waals surface area contributed by atoms with Crippen LogP contribution in [0.5, 0.6) is 0 Å². The molecule has 0 unspecified atom stereocenters. The van der Waals surface area contributed by atoms with Crippen LogP contribution in [0, 0.1) is 17.1 Å². The largest absolute Gasteiger partial charge is 0.322 e. The van der Waals surface area contributed by atoms with Crippen LogP contribution < -0.4 is 5.32 Å². The van der Waals surface area contributed by atoms with Crippen molar-refractivity contribution in [1.82, 2.24) is 0 Å². The predicted octanol–water partition coefficient (Wildman–Crippen LogP) is 4.29. The summed E-state index contributed by atoms with van der Waals surface area (Å²) in [6, 6.07) is 13.2. The highest BCUT2D eigenvalue weighted by Crippen LogP contribution is 2.15. The number of nitrogens with zero attached hydrogens (tertiary/aromatic N) is 1. The van der Waals surface area contributed by atoms with E-state index in [1.807, 2.05) is 30.3 Å². The van der Waals surface area contributed by atoms with Gasteiger partial charge in [-0.25, -0.2) is 4.39 Å². The summed E-state index contributed by atoms with van der Waals surface area (Å²) in [5.41, 5.74) is 1.95. The second kappa shape index (κ2) is 7.37. The van der Waals surface area contributed by atoms with Crippen LogP contribution in [0.4, 0.5) is 10.1 Å². The van der Waals surface area contributed by atoms with Crippen LogP contribution in [-0.2, 0) is 6.42 Å². The number of nitrogens with one attached hydrogen (secondary N) is 1. The topological polar surface area (TPSA) is 52.9 Å². The number of hydrogen-bond donors (Lipinski definition) is 1. The molecule has 1 amide bonds. The third-order valence-corrected chi connectivity index (χ3v) is 3.37. The number of anilines is 1. The molecule has 0 radical (unpaired) electrons. The lowest BCUT2D eigenvalue weighted by Gasteiger charge is -2.07. The van der Waals surface area contributed by atoms with E-state index in [1.54, 1.807) is 0 Å². The fourth-order valence-electron chi connectivity index (χ4n) is 2.10. The molecule has 0 aliphatic rings. The average molecular weight is 296 g/mol. The first-order valence-electron chi connectivity index (χ1n) is 7.24. The Bertz CT molecular complexity index is 702. The quantitative estimate of drug-likeness (QED) is 0.894. The fourth-order valence-corrected chi connectivity index (χ4v) is 2.10. The van der Waals surface area contributed by atoms with Gasteiger partial charge in [-0.05, 0) is 48.7 Å². The molecule has 0 aliphatic heterocycles. The Morgan fingerprint density at radius 3 is 2.55 bits per heavy atom. The summed E-state index contributed by atoms with van der Waals surface area (Å²) in [6.07, 6.45) is 3.27. The summed E-state index contributed by atoms with van der Waals surface area (Å²) in [6.45, 7) is 2.14. The number of aryl methyl sites for hydroxylation is 1. The van der Waals surface area contributed by atoms with Crippen molar-refractivity contribution in [1.29, 1.82) is 5.26 Å². The molecule has 0 saturated carbocycles. The number of halogens is 1. The molecule has 0 spiro atoms. The third kappa shape index (κ3) is 3.92. The molecule has 0 bridgehead atoms. The lowest BCUT2D eigenvalue weighted by atomic mass is 10.1. The molecule has 1 N–H and O–H groups in total. The third-order valence-electron chi connectivity index (χ3n) is 3.37. The maximum Gasteiger partial charge on any atom is 0.258 e. The van der Waals surface area contributed by atoms with Crippen LogP contribution in [0.1, 0.15) is 41.3 Å². The molecule has 0 aromatic heterocycles. The molecule has 2 rings (SSSR count). The van der Waals surface area contributed by atoms with Gasteiger partial charge in [0.1, 0.15) is 5.82 Å². The number of unbranched alkanes of at least 4 members (excludes halogenated alkanes) is 1. The SMILES string of the molecule is CCCCc1ccc(NC(=O)c2ccc(C#N)cc2F)cc1. The highest BCUT2D eigenvalue weighted by Gasteiger charge is 2.12. The van der Waals surface area contributed by atoms with Gasteiger partial charge in [0.25, 0.3) is 5.91 Å². The van der Waals surface area contributed by atoms with Crippen molar-refractivity contribution in [3.8, 4) is 6.07 Å². The van der Waals surface area contributed by atoms with Gasteiger partial charge in [0, 0.05) is 5.69 Å². The second-order valence-corrected chi connectivity index (χ2v) is 5.06. The normalized spacial score (nSPS) is 10.0. The summed E-state index contributed by atoms with van der Waals surface area (Å²) in [5.74, 6) is -1.22. The molecule has 2 aromatic rings. The second-order valence-electron chi connectivity index (χ2n) is 5.06. The molecule has 4 heteroatoms. The van der Waals surface area contributed by atoms with Gasteiger partial charge in [-0.3, -0.25) is 4.79 Å². The van der Waals surface area contributed by atoms with E-state index in [0.717, 1.165) is 25.3 Å². The van der Waals surface area contributed by atoms with Gasteiger partial charge in [0.05, 0.1) is 17.2 Å². The van der Waals surface area contributed by atoms with E-state index in [2.05, 4.69) is 12.2 Å². The average Bonchev–Trinajstić information content (AvgIpc) is 2.53. The highest BCUT2D eigenvalue weighted by molar-refractivity contribution is 6.04. The summed E-state index contributed by atoms with van der Waals surface area (Å²) in [7, 11) is 0. The van der Waals surface area contributed by atoms with E-state index in [0.29, 0.717) is 5.69 Å². The summed E-state index contributed by atoms with van der Waals surface area (Å²) >= 11 is 0. The van der Waals surface area contributed by atoms with Crippen molar-refractivity contribution in [3.05, 3.63) is 65.0 Å². The lowest BCUT2D eigenvalue weighted by Crippen LogP contribution is -2.13. The monoisotopic (exact) mass is 296 g/mol. The Kier molecular flexibility index (Phi) is 5.26. The van der Waals surface area contributed by atoms with Crippen LogP contribution in [-0.4, -0.2) is 5.91 Å². The van der Waals surface area contributed by atoms with Gasteiger partial charge in [0.2, 0.25) is 0 Å².